The first-order valence-corrected chi connectivity index (χ1v) is 7.03. The molecule has 1 amide bonds. The van der Waals surface area contributed by atoms with Gasteiger partial charge in [0, 0.05) is 18.5 Å². The van der Waals surface area contributed by atoms with Crippen LogP contribution in [0.5, 0.6) is 0 Å². The summed E-state index contributed by atoms with van der Waals surface area (Å²) in [5.74, 6) is 0.525. The van der Waals surface area contributed by atoms with Gasteiger partial charge in [-0.25, -0.2) is 0 Å². The smallest absolute Gasteiger partial charge is 0.223 e. The van der Waals surface area contributed by atoms with Crippen molar-refractivity contribution in [2.45, 2.75) is 33.2 Å². The Labute approximate surface area is 128 Å². The van der Waals surface area contributed by atoms with Crippen molar-refractivity contribution in [2.24, 2.45) is 11.8 Å². The lowest BCUT2D eigenvalue weighted by molar-refractivity contribution is -0.126. The van der Waals surface area contributed by atoms with Crippen molar-refractivity contribution in [2.75, 3.05) is 13.6 Å². The second kappa shape index (κ2) is 9.78. The van der Waals surface area contributed by atoms with Crippen molar-refractivity contribution >= 4 is 18.3 Å². The molecule has 0 bridgehead atoms. The van der Waals surface area contributed by atoms with Crippen molar-refractivity contribution in [3.8, 4) is 0 Å². The quantitative estimate of drug-likeness (QED) is 0.812. The summed E-state index contributed by atoms with van der Waals surface area (Å²) in [5, 5.41) is 6.16. The van der Waals surface area contributed by atoms with Crippen LogP contribution in [0.25, 0.3) is 0 Å². The van der Waals surface area contributed by atoms with Crippen LogP contribution in [0.1, 0.15) is 26.3 Å². The van der Waals surface area contributed by atoms with Crippen LogP contribution in [0.3, 0.4) is 0 Å². The molecule has 0 saturated carbocycles. The van der Waals surface area contributed by atoms with Crippen molar-refractivity contribution in [3.63, 3.8) is 0 Å². The van der Waals surface area contributed by atoms with Crippen LogP contribution >= 0.6 is 12.4 Å². The maximum Gasteiger partial charge on any atom is 0.223 e. The number of carbonyl (C=O) groups is 1. The average Bonchev–Trinajstić information content (AvgIpc) is 2.42. The van der Waals surface area contributed by atoms with E-state index in [-0.39, 0.29) is 24.2 Å². The summed E-state index contributed by atoms with van der Waals surface area (Å²) < 4.78 is 0. The van der Waals surface area contributed by atoms with Gasteiger partial charge in [-0.15, -0.1) is 12.4 Å². The Morgan fingerprint density at radius 1 is 1.15 bits per heavy atom. The molecule has 3 nitrogen and oxygen atoms in total. The fraction of sp³-hybridized carbons (Fsp3) is 0.562. The molecule has 0 heterocycles. The van der Waals surface area contributed by atoms with Gasteiger partial charge in [0.1, 0.15) is 0 Å². The molecule has 1 aromatic rings. The fourth-order valence-corrected chi connectivity index (χ4v) is 1.99. The number of likely N-dealkylation sites (N-methyl/N-ethyl adjacent to an activating group) is 1. The van der Waals surface area contributed by atoms with E-state index in [9.17, 15) is 4.79 Å². The normalized spacial score (nSPS) is 13.4. The molecule has 0 radical (unpaired) electrons. The molecule has 114 valence electrons. The largest absolute Gasteiger partial charge is 0.354 e. The minimum Gasteiger partial charge on any atom is -0.354 e. The molecule has 0 spiro atoms. The van der Waals surface area contributed by atoms with E-state index in [4.69, 9.17) is 0 Å². The second-order valence-electron chi connectivity index (χ2n) is 5.48. The molecule has 0 aromatic heterocycles. The van der Waals surface area contributed by atoms with Crippen molar-refractivity contribution in [1.82, 2.24) is 10.6 Å². The number of halogens is 1. The number of carbonyl (C=O) groups excluding carboxylic acids is 1. The second-order valence-corrected chi connectivity index (χ2v) is 5.48. The van der Waals surface area contributed by atoms with E-state index >= 15 is 0 Å². The zero-order valence-electron chi connectivity index (χ0n) is 12.8. The summed E-state index contributed by atoms with van der Waals surface area (Å²) in [4.78, 5) is 12.3. The summed E-state index contributed by atoms with van der Waals surface area (Å²) in [6.07, 6.45) is 0.804. The molecule has 0 aliphatic heterocycles. The third kappa shape index (κ3) is 6.40. The minimum absolute atomic E-state index is 0. The standard InChI is InChI=1S/C16H26N2O.ClH/c1-12(2)15(10-14-8-6-5-7-9-14)16(19)18-11-13(3)17-4;/h5-9,12-13,15,17H,10-11H2,1-4H3,(H,18,19);1H. The van der Waals surface area contributed by atoms with Gasteiger partial charge in [-0.05, 0) is 31.9 Å². The van der Waals surface area contributed by atoms with Gasteiger partial charge in [0.15, 0.2) is 0 Å². The number of benzene rings is 1. The van der Waals surface area contributed by atoms with Gasteiger partial charge >= 0.3 is 0 Å². The van der Waals surface area contributed by atoms with E-state index in [2.05, 4.69) is 43.5 Å². The molecule has 2 unspecified atom stereocenters. The first-order valence-electron chi connectivity index (χ1n) is 7.03. The zero-order chi connectivity index (χ0) is 14.3. The highest BCUT2D eigenvalue weighted by atomic mass is 35.5. The van der Waals surface area contributed by atoms with Crippen molar-refractivity contribution < 1.29 is 4.79 Å². The molecular formula is C16H27ClN2O. The Bertz CT molecular complexity index is 381. The molecular weight excluding hydrogens is 272 g/mol. The number of amides is 1. The van der Waals surface area contributed by atoms with E-state index in [0.29, 0.717) is 18.5 Å². The van der Waals surface area contributed by atoms with Gasteiger partial charge in [0.2, 0.25) is 5.91 Å². The Hall–Kier alpha value is -1.06. The van der Waals surface area contributed by atoms with Crippen LogP contribution in [0.15, 0.2) is 30.3 Å². The summed E-state index contributed by atoms with van der Waals surface area (Å²) in [6, 6.07) is 10.5. The molecule has 2 N–H and O–H groups in total. The van der Waals surface area contributed by atoms with Crippen molar-refractivity contribution in [1.29, 1.82) is 0 Å². The first-order chi connectivity index (χ1) is 9.04. The van der Waals surface area contributed by atoms with E-state index in [1.54, 1.807) is 0 Å². The highest BCUT2D eigenvalue weighted by Crippen LogP contribution is 2.17. The topological polar surface area (TPSA) is 41.1 Å². The van der Waals surface area contributed by atoms with E-state index in [1.165, 1.54) is 5.56 Å². The molecule has 1 aromatic carbocycles. The fourth-order valence-electron chi connectivity index (χ4n) is 1.99. The van der Waals surface area contributed by atoms with Crippen molar-refractivity contribution in [3.05, 3.63) is 35.9 Å². The number of hydrogen-bond acceptors (Lipinski definition) is 2. The van der Waals surface area contributed by atoms with Gasteiger partial charge in [-0.3, -0.25) is 4.79 Å². The molecule has 0 aliphatic carbocycles. The van der Waals surface area contributed by atoms with Crippen LogP contribution in [0.2, 0.25) is 0 Å². The van der Waals surface area contributed by atoms with Crippen LogP contribution < -0.4 is 10.6 Å². The van der Waals surface area contributed by atoms with Gasteiger partial charge in [0.05, 0.1) is 0 Å². The lowest BCUT2D eigenvalue weighted by Crippen LogP contribution is -2.41. The first kappa shape index (κ1) is 18.9. The Balaban J connectivity index is 0.00000361. The predicted octanol–water partition coefficient (Wildman–Crippen LogP) is 2.65. The minimum atomic E-state index is 0. The number of rotatable bonds is 7. The summed E-state index contributed by atoms with van der Waals surface area (Å²) in [5.41, 5.74) is 1.22. The van der Waals surface area contributed by atoms with E-state index < -0.39 is 0 Å². The van der Waals surface area contributed by atoms with E-state index in [1.807, 2.05) is 25.2 Å². The van der Waals surface area contributed by atoms with Crippen LogP contribution in [0, 0.1) is 11.8 Å². The SMILES string of the molecule is CNC(C)CNC(=O)C(Cc1ccccc1)C(C)C.Cl. The average molecular weight is 299 g/mol. The molecule has 2 atom stereocenters. The highest BCUT2D eigenvalue weighted by Gasteiger charge is 2.22. The molecule has 20 heavy (non-hydrogen) atoms. The van der Waals surface area contributed by atoms with Gasteiger partial charge in [-0.1, -0.05) is 44.2 Å². The van der Waals surface area contributed by atoms with E-state index in [0.717, 1.165) is 6.42 Å². The summed E-state index contributed by atoms with van der Waals surface area (Å²) in [6.45, 7) is 6.94. The third-order valence-electron chi connectivity index (χ3n) is 3.52. The third-order valence-corrected chi connectivity index (χ3v) is 3.52. The maximum absolute atomic E-state index is 12.3. The molecule has 0 saturated heterocycles. The Kier molecular flexibility index (Phi) is 9.26. The number of hydrogen-bond donors (Lipinski definition) is 2. The van der Waals surface area contributed by atoms with Gasteiger partial charge in [-0.2, -0.15) is 0 Å². The van der Waals surface area contributed by atoms with Crippen LogP contribution in [0.4, 0.5) is 0 Å². The van der Waals surface area contributed by atoms with Gasteiger partial charge in [0.25, 0.3) is 0 Å². The zero-order valence-corrected chi connectivity index (χ0v) is 13.7. The summed E-state index contributed by atoms with van der Waals surface area (Å²) >= 11 is 0. The lowest BCUT2D eigenvalue weighted by Gasteiger charge is -2.21. The van der Waals surface area contributed by atoms with Gasteiger partial charge < -0.3 is 10.6 Å². The monoisotopic (exact) mass is 298 g/mol. The van der Waals surface area contributed by atoms with Crippen LogP contribution in [-0.4, -0.2) is 25.5 Å². The molecule has 4 heteroatoms. The molecule has 0 aliphatic rings. The highest BCUT2D eigenvalue weighted by molar-refractivity contribution is 5.85. The maximum atomic E-state index is 12.3. The lowest BCUT2D eigenvalue weighted by atomic mass is 9.88. The number of nitrogens with one attached hydrogen (secondary N) is 2. The Morgan fingerprint density at radius 3 is 2.25 bits per heavy atom. The summed E-state index contributed by atoms with van der Waals surface area (Å²) in [7, 11) is 1.90. The molecule has 1 rings (SSSR count). The Morgan fingerprint density at radius 2 is 1.75 bits per heavy atom. The predicted molar refractivity (Wildman–Crippen MR) is 87.3 cm³/mol. The van der Waals surface area contributed by atoms with Crippen LogP contribution in [-0.2, 0) is 11.2 Å². The molecule has 0 fully saturated rings.